The van der Waals surface area contributed by atoms with Gasteiger partial charge in [-0.3, -0.25) is 4.79 Å². The Hall–Kier alpha value is -1.18. The topological polar surface area (TPSA) is 17.1 Å². The van der Waals surface area contributed by atoms with Crippen molar-refractivity contribution in [3.63, 3.8) is 0 Å². The second-order valence-electron chi connectivity index (χ2n) is 6.65. The average Bonchev–Trinajstić information content (AvgIpc) is 2.50. The van der Waals surface area contributed by atoms with Gasteiger partial charge in [-0.2, -0.15) is 0 Å². The first-order chi connectivity index (χ1) is 10.0. The summed E-state index contributed by atoms with van der Waals surface area (Å²) in [5.74, 6) is 0.989. The van der Waals surface area contributed by atoms with Crippen molar-refractivity contribution in [3.8, 4) is 0 Å². The molecule has 0 spiro atoms. The van der Waals surface area contributed by atoms with E-state index >= 15 is 0 Å². The highest BCUT2D eigenvalue weighted by atomic mass is 19.1. The summed E-state index contributed by atoms with van der Waals surface area (Å²) in [6, 6.07) is 3.43. The normalized spacial score (nSPS) is 22.3. The van der Waals surface area contributed by atoms with Crippen LogP contribution in [0, 0.1) is 31.5 Å². The number of aryl methyl sites for hydroxylation is 2. The third-order valence-electron chi connectivity index (χ3n) is 4.90. The number of halogens is 1. The zero-order valence-corrected chi connectivity index (χ0v) is 13.5. The number of unbranched alkanes of at least 4 members (excludes halogenated alkanes) is 1. The van der Waals surface area contributed by atoms with Crippen LogP contribution >= 0.6 is 0 Å². The van der Waals surface area contributed by atoms with Crippen LogP contribution in [-0.4, -0.2) is 5.78 Å². The van der Waals surface area contributed by atoms with Gasteiger partial charge in [0.1, 0.15) is 5.82 Å². The molecule has 0 aliphatic heterocycles. The minimum atomic E-state index is -0.185. The first-order valence-corrected chi connectivity index (χ1v) is 8.33. The van der Waals surface area contributed by atoms with Crippen LogP contribution in [0.4, 0.5) is 4.39 Å². The maximum absolute atomic E-state index is 13.7. The van der Waals surface area contributed by atoms with Gasteiger partial charge in [-0.15, -0.1) is 0 Å². The molecule has 0 unspecified atom stereocenters. The first kappa shape index (κ1) is 16.2. The van der Waals surface area contributed by atoms with E-state index in [1.807, 2.05) is 0 Å². The van der Waals surface area contributed by atoms with E-state index in [4.69, 9.17) is 0 Å². The van der Waals surface area contributed by atoms with Crippen LogP contribution in [0.3, 0.4) is 0 Å². The van der Waals surface area contributed by atoms with Gasteiger partial charge in [0.25, 0.3) is 0 Å². The molecule has 1 aliphatic rings. The summed E-state index contributed by atoms with van der Waals surface area (Å²) in [5.41, 5.74) is 1.85. The Labute approximate surface area is 127 Å². The van der Waals surface area contributed by atoms with E-state index in [9.17, 15) is 9.18 Å². The summed E-state index contributed by atoms with van der Waals surface area (Å²) in [6.45, 7) is 5.70. The van der Waals surface area contributed by atoms with E-state index in [1.165, 1.54) is 32.1 Å². The second kappa shape index (κ2) is 7.20. The van der Waals surface area contributed by atoms with Gasteiger partial charge in [0.2, 0.25) is 0 Å². The molecule has 0 saturated heterocycles. The molecule has 2 heteroatoms. The number of benzene rings is 1. The van der Waals surface area contributed by atoms with Crippen molar-refractivity contribution in [2.24, 2.45) is 11.8 Å². The van der Waals surface area contributed by atoms with E-state index in [2.05, 4.69) is 6.92 Å². The van der Waals surface area contributed by atoms with Crippen molar-refractivity contribution in [2.75, 3.05) is 0 Å². The van der Waals surface area contributed by atoms with Crippen molar-refractivity contribution < 1.29 is 9.18 Å². The summed E-state index contributed by atoms with van der Waals surface area (Å²) in [6.07, 6.45) is 8.23. The summed E-state index contributed by atoms with van der Waals surface area (Å²) in [5, 5.41) is 0. The number of Topliss-reactive ketones (excluding diaryl/α,β-unsaturated/α-hetero) is 1. The lowest BCUT2D eigenvalue weighted by Gasteiger charge is -2.27. The van der Waals surface area contributed by atoms with Crippen molar-refractivity contribution in [2.45, 2.75) is 65.7 Å². The van der Waals surface area contributed by atoms with Crippen LogP contribution in [-0.2, 0) is 0 Å². The molecule has 0 heterocycles. The van der Waals surface area contributed by atoms with E-state index < -0.39 is 0 Å². The van der Waals surface area contributed by atoms with Gasteiger partial charge in [0.05, 0.1) is 0 Å². The molecule has 0 aromatic heterocycles. The zero-order chi connectivity index (χ0) is 15.4. The molecule has 1 aromatic rings. The molecule has 0 bridgehead atoms. The number of ketones is 1. The van der Waals surface area contributed by atoms with Crippen molar-refractivity contribution in [1.82, 2.24) is 0 Å². The molecular weight excluding hydrogens is 263 g/mol. The summed E-state index contributed by atoms with van der Waals surface area (Å²) in [4.78, 5) is 12.6. The molecule has 116 valence electrons. The fourth-order valence-corrected chi connectivity index (χ4v) is 3.53. The molecule has 1 aromatic carbocycles. The maximum Gasteiger partial charge on any atom is 0.165 e. The maximum atomic E-state index is 13.7. The minimum absolute atomic E-state index is 0.145. The Balaban J connectivity index is 1.99. The molecule has 2 rings (SSSR count). The van der Waals surface area contributed by atoms with E-state index in [1.54, 1.807) is 26.0 Å². The lowest BCUT2D eigenvalue weighted by Crippen LogP contribution is -2.22. The highest BCUT2D eigenvalue weighted by Crippen LogP contribution is 2.34. The van der Waals surface area contributed by atoms with E-state index in [0.29, 0.717) is 16.7 Å². The summed E-state index contributed by atoms with van der Waals surface area (Å²) < 4.78 is 13.7. The Morgan fingerprint density at radius 2 is 1.71 bits per heavy atom. The number of hydrogen-bond acceptors (Lipinski definition) is 1. The number of rotatable bonds is 5. The van der Waals surface area contributed by atoms with Crippen LogP contribution in [0.2, 0.25) is 0 Å². The molecule has 0 amide bonds. The predicted octanol–water partition coefficient (Wildman–Crippen LogP) is 5.62. The standard InChI is InChI=1S/C19H27FO/c1-4-5-6-15-7-9-16(10-8-15)19(21)17-11-13(2)18(20)14(3)12-17/h11-12,15-16H,4-10H2,1-3H3. The Morgan fingerprint density at radius 1 is 1.14 bits per heavy atom. The molecule has 1 nitrogen and oxygen atoms in total. The van der Waals surface area contributed by atoms with Gasteiger partial charge in [0.15, 0.2) is 5.78 Å². The Morgan fingerprint density at radius 3 is 2.24 bits per heavy atom. The zero-order valence-electron chi connectivity index (χ0n) is 13.5. The van der Waals surface area contributed by atoms with Gasteiger partial charge in [-0.25, -0.2) is 4.39 Å². The van der Waals surface area contributed by atoms with Crippen LogP contribution < -0.4 is 0 Å². The monoisotopic (exact) mass is 290 g/mol. The quantitative estimate of drug-likeness (QED) is 0.643. The highest BCUT2D eigenvalue weighted by molar-refractivity contribution is 5.98. The van der Waals surface area contributed by atoms with Crippen LogP contribution in [0.25, 0.3) is 0 Å². The van der Waals surface area contributed by atoms with E-state index in [0.717, 1.165) is 18.8 Å². The average molecular weight is 290 g/mol. The summed E-state index contributed by atoms with van der Waals surface area (Å²) in [7, 11) is 0. The van der Waals surface area contributed by atoms with Crippen LogP contribution in [0.5, 0.6) is 0 Å². The van der Waals surface area contributed by atoms with Crippen molar-refractivity contribution in [1.29, 1.82) is 0 Å². The molecule has 1 saturated carbocycles. The van der Waals surface area contributed by atoms with Gasteiger partial charge >= 0.3 is 0 Å². The largest absolute Gasteiger partial charge is 0.294 e. The van der Waals surface area contributed by atoms with Gasteiger partial charge in [-0.1, -0.05) is 26.2 Å². The SMILES string of the molecule is CCCCC1CCC(C(=O)c2cc(C)c(F)c(C)c2)CC1. The number of carbonyl (C=O) groups is 1. The van der Waals surface area contributed by atoms with Crippen LogP contribution in [0.1, 0.15) is 73.4 Å². The third kappa shape index (κ3) is 3.93. The van der Waals surface area contributed by atoms with Gasteiger partial charge in [-0.05, 0) is 68.7 Å². The lowest BCUT2D eigenvalue weighted by molar-refractivity contribution is 0.0869. The van der Waals surface area contributed by atoms with Gasteiger partial charge < -0.3 is 0 Å². The lowest BCUT2D eigenvalue weighted by atomic mass is 9.77. The Bertz CT molecular complexity index is 475. The molecule has 0 N–H and O–H groups in total. The van der Waals surface area contributed by atoms with Gasteiger partial charge in [0, 0.05) is 11.5 Å². The molecule has 1 fully saturated rings. The molecular formula is C19H27FO. The molecule has 1 aliphatic carbocycles. The van der Waals surface area contributed by atoms with E-state index in [-0.39, 0.29) is 17.5 Å². The first-order valence-electron chi connectivity index (χ1n) is 8.33. The predicted molar refractivity (Wildman–Crippen MR) is 85.2 cm³/mol. The minimum Gasteiger partial charge on any atom is -0.294 e. The fraction of sp³-hybridized carbons (Fsp3) is 0.632. The Kier molecular flexibility index (Phi) is 5.55. The summed E-state index contributed by atoms with van der Waals surface area (Å²) >= 11 is 0. The van der Waals surface area contributed by atoms with Crippen molar-refractivity contribution in [3.05, 3.63) is 34.6 Å². The number of carbonyl (C=O) groups excluding carboxylic acids is 1. The molecule has 0 radical (unpaired) electrons. The third-order valence-corrected chi connectivity index (χ3v) is 4.90. The number of hydrogen-bond donors (Lipinski definition) is 0. The fourth-order valence-electron chi connectivity index (χ4n) is 3.53. The smallest absolute Gasteiger partial charge is 0.165 e. The second-order valence-corrected chi connectivity index (χ2v) is 6.65. The molecule has 21 heavy (non-hydrogen) atoms. The molecule has 0 atom stereocenters. The van der Waals surface area contributed by atoms with Crippen molar-refractivity contribution >= 4 is 5.78 Å². The van der Waals surface area contributed by atoms with Crippen LogP contribution in [0.15, 0.2) is 12.1 Å². The highest BCUT2D eigenvalue weighted by Gasteiger charge is 2.27.